The maximum atomic E-state index is 12.0. The van der Waals surface area contributed by atoms with Gasteiger partial charge >= 0.3 is 0 Å². The van der Waals surface area contributed by atoms with Crippen molar-refractivity contribution in [3.05, 3.63) is 53.4 Å². The zero-order chi connectivity index (χ0) is 26.7. The number of imidazole rings is 2. The lowest BCUT2D eigenvalue weighted by atomic mass is 10.1. The Morgan fingerprint density at radius 2 is 1.59 bits per heavy atom. The van der Waals surface area contributed by atoms with Gasteiger partial charge in [0.2, 0.25) is 11.9 Å². The fraction of sp³-hybridized carbons (Fsp3) is 0.333. The second kappa shape index (κ2) is 10.7. The van der Waals surface area contributed by atoms with E-state index in [0.29, 0.717) is 59.3 Å². The number of aromatic nitrogens is 4. The summed E-state index contributed by atoms with van der Waals surface area (Å²) in [7, 11) is 1.55. The van der Waals surface area contributed by atoms with Gasteiger partial charge in [0.1, 0.15) is 28.4 Å². The molecule has 10 nitrogen and oxygen atoms in total. The number of carbonyl (C=O) groups excluding carboxylic acids is 2. The first-order valence-corrected chi connectivity index (χ1v) is 12.2. The number of amides is 1. The number of ether oxygens (including phenoxy) is 2. The molecule has 2 aromatic heterocycles. The van der Waals surface area contributed by atoms with E-state index in [9.17, 15) is 9.59 Å². The Labute approximate surface area is 214 Å². The van der Waals surface area contributed by atoms with Crippen LogP contribution in [0.25, 0.3) is 22.1 Å². The van der Waals surface area contributed by atoms with Gasteiger partial charge in [-0.05, 0) is 44.5 Å². The molecule has 0 unspecified atom stereocenters. The molecule has 0 saturated carbocycles. The van der Waals surface area contributed by atoms with E-state index in [2.05, 4.69) is 16.9 Å². The number of primary amides is 1. The van der Waals surface area contributed by atoms with E-state index in [1.54, 1.807) is 31.4 Å². The number of nitrogens with two attached hydrogens (primary N) is 2. The number of aryl methyl sites for hydroxylation is 1. The van der Waals surface area contributed by atoms with Gasteiger partial charge in [-0.25, -0.2) is 9.97 Å². The quantitative estimate of drug-likeness (QED) is 0.179. The van der Waals surface area contributed by atoms with Gasteiger partial charge in [0.15, 0.2) is 5.78 Å². The van der Waals surface area contributed by atoms with Crippen molar-refractivity contribution in [1.82, 2.24) is 19.1 Å². The number of nitrogen functional groups attached to an aromatic ring is 1. The van der Waals surface area contributed by atoms with Gasteiger partial charge in [0.05, 0.1) is 24.8 Å². The average molecular weight is 505 g/mol. The first-order chi connectivity index (χ1) is 17.7. The van der Waals surface area contributed by atoms with Gasteiger partial charge < -0.3 is 30.1 Å². The number of hydrogen-bond donors (Lipinski definition) is 2. The second-order valence-corrected chi connectivity index (χ2v) is 8.83. The van der Waals surface area contributed by atoms with Gasteiger partial charge in [0.25, 0.3) is 0 Å². The van der Waals surface area contributed by atoms with E-state index >= 15 is 0 Å². The Kier molecular flexibility index (Phi) is 7.47. The number of hydrogen-bond acceptors (Lipinski definition) is 7. The topological polar surface area (TPSA) is 140 Å². The molecule has 10 heteroatoms. The van der Waals surface area contributed by atoms with Crippen LogP contribution >= 0.6 is 0 Å². The monoisotopic (exact) mass is 504 g/mol. The molecule has 4 aromatic rings. The summed E-state index contributed by atoms with van der Waals surface area (Å²) in [5, 5.41) is 0. The molecular formula is C27H32N6O4. The third-order valence-electron chi connectivity index (χ3n) is 6.24. The highest BCUT2D eigenvalue weighted by Gasteiger charge is 2.17. The summed E-state index contributed by atoms with van der Waals surface area (Å²) in [6.07, 6.45) is 5.89. The molecule has 0 saturated heterocycles. The maximum absolute atomic E-state index is 12.0. The molecule has 4 N–H and O–H groups in total. The van der Waals surface area contributed by atoms with Crippen LogP contribution in [0, 0.1) is 6.92 Å². The van der Waals surface area contributed by atoms with Gasteiger partial charge in [-0.1, -0.05) is 25.5 Å². The van der Waals surface area contributed by atoms with Gasteiger partial charge in [-0.15, -0.1) is 0 Å². The largest absolute Gasteiger partial charge is 0.494 e. The number of nitrogens with zero attached hydrogens (tertiary/aromatic N) is 4. The smallest absolute Gasteiger partial charge is 0.248 e. The van der Waals surface area contributed by atoms with Crippen LogP contribution in [0.2, 0.25) is 0 Å². The minimum atomic E-state index is -0.536. The van der Waals surface area contributed by atoms with Crippen LogP contribution in [0.4, 0.5) is 5.95 Å². The number of carbonyl (C=O) groups is 2. The van der Waals surface area contributed by atoms with Crippen molar-refractivity contribution in [3.8, 4) is 11.5 Å². The summed E-state index contributed by atoms with van der Waals surface area (Å²) in [5.74, 6) is 1.64. The average Bonchev–Trinajstić information content (AvgIpc) is 3.36. The SMILES string of the molecule is CCCCOc1cc(C(C)=O)cc2nc(N)n(C/C=C/Cn3c(C)nc4cc(C(N)=O)cc(OC)c43)c12. The number of fused-ring (bicyclic) bond motifs is 2. The van der Waals surface area contributed by atoms with Gasteiger partial charge in [-0.2, -0.15) is 0 Å². The molecule has 0 radical (unpaired) electrons. The Morgan fingerprint density at radius 3 is 2.24 bits per heavy atom. The standard InChI is InChI=1S/C27H32N6O4/c1-5-6-11-37-23-14-18(16(2)34)12-21-25(23)33(27(29)31-21)10-8-7-9-32-17(3)30-20-13-19(26(28)35)15-22(36-4)24(20)32/h7-8,12-15H,5-6,9-11H2,1-4H3,(H2,28,35)(H2,29,31)/b8-7+. The van der Waals surface area contributed by atoms with Crippen molar-refractivity contribution in [2.45, 2.75) is 46.7 Å². The normalized spacial score (nSPS) is 11.6. The molecule has 37 heavy (non-hydrogen) atoms. The Bertz CT molecular complexity index is 1510. The van der Waals surface area contributed by atoms with Crippen molar-refractivity contribution < 1.29 is 19.1 Å². The highest BCUT2D eigenvalue weighted by atomic mass is 16.5. The molecule has 194 valence electrons. The fourth-order valence-corrected chi connectivity index (χ4v) is 4.30. The molecule has 0 aliphatic heterocycles. The summed E-state index contributed by atoms with van der Waals surface area (Å²) in [4.78, 5) is 32.8. The lowest BCUT2D eigenvalue weighted by Crippen LogP contribution is -2.11. The van der Waals surface area contributed by atoms with Crippen LogP contribution in [0.5, 0.6) is 11.5 Å². The van der Waals surface area contributed by atoms with Crippen molar-refractivity contribution >= 4 is 39.7 Å². The third-order valence-corrected chi connectivity index (χ3v) is 6.24. The number of anilines is 1. The molecule has 0 bridgehead atoms. The number of rotatable bonds is 11. The van der Waals surface area contributed by atoms with Crippen LogP contribution < -0.4 is 20.9 Å². The van der Waals surface area contributed by atoms with Crippen molar-refractivity contribution in [3.63, 3.8) is 0 Å². The minimum absolute atomic E-state index is 0.0587. The number of allylic oxidation sites excluding steroid dienone is 2. The van der Waals surface area contributed by atoms with E-state index in [1.165, 1.54) is 6.92 Å². The Hall–Kier alpha value is -4.34. The van der Waals surface area contributed by atoms with Gasteiger partial charge in [0, 0.05) is 24.2 Å². The summed E-state index contributed by atoms with van der Waals surface area (Å²) >= 11 is 0. The number of benzene rings is 2. The van der Waals surface area contributed by atoms with E-state index in [-0.39, 0.29) is 5.78 Å². The molecule has 2 heterocycles. The predicted molar refractivity (Wildman–Crippen MR) is 143 cm³/mol. The van der Waals surface area contributed by atoms with Crippen LogP contribution in [0.3, 0.4) is 0 Å². The Morgan fingerprint density at radius 1 is 0.973 bits per heavy atom. The highest BCUT2D eigenvalue weighted by molar-refractivity contribution is 6.00. The second-order valence-electron chi connectivity index (χ2n) is 8.83. The first-order valence-electron chi connectivity index (χ1n) is 12.2. The summed E-state index contributed by atoms with van der Waals surface area (Å²) in [5.41, 5.74) is 15.4. The molecular weight excluding hydrogens is 472 g/mol. The lowest BCUT2D eigenvalue weighted by Gasteiger charge is -2.11. The van der Waals surface area contributed by atoms with E-state index in [4.69, 9.17) is 20.9 Å². The summed E-state index contributed by atoms with van der Waals surface area (Å²) in [6, 6.07) is 6.80. The molecule has 2 aromatic carbocycles. The van der Waals surface area contributed by atoms with E-state index < -0.39 is 5.91 Å². The van der Waals surface area contributed by atoms with Crippen LogP contribution in [-0.2, 0) is 13.1 Å². The lowest BCUT2D eigenvalue weighted by molar-refractivity contribution is 0.0996. The van der Waals surface area contributed by atoms with Crippen LogP contribution in [-0.4, -0.2) is 44.5 Å². The summed E-state index contributed by atoms with van der Waals surface area (Å²) < 4.78 is 15.4. The van der Waals surface area contributed by atoms with Gasteiger partial charge in [-0.3, -0.25) is 9.59 Å². The number of ketones is 1. The predicted octanol–water partition coefficient (Wildman–Crippen LogP) is 4.02. The third kappa shape index (κ3) is 5.13. The number of Topliss-reactive ketones (excluding diaryl/α,β-unsaturated/α-hetero) is 1. The van der Waals surface area contributed by atoms with Crippen LogP contribution in [0.15, 0.2) is 36.4 Å². The maximum Gasteiger partial charge on any atom is 0.248 e. The molecule has 4 rings (SSSR count). The molecule has 0 aliphatic carbocycles. The fourth-order valence-electron chi connectivity index (χ4n) is 4.30. The molecule has 0 fully saturated rings. The minimum Gasteiger partial charge on any atom is -0.494 e. The zero-order valence-electron chi connectivity index (χ0n) is 21.6. The van der Waals surface area contributed by atoms with Crippen molar-refractivity contribution in [2.24, 2.45) is 5.73 Å². The molecule has 0 spiro atoms. The van der Waals surface area contributed by atoms with Crippen LogP contribution in [0.1, 0.15) is 53.2 Å². The zero-order valence-corrected chi connectivity index (χ0v) is 21.6. The number of methoxy groups -OCH3 is 1. The van der Waals surface area contributed by atoms with E-state index in [0.717, 1.165) is 29.7 Å². The highest BCUT2D eigenvalue weighted by Crippen LogP contribution is 2.31. The Balaban J connectivity index is 1.64. The van der Waals surface area contributed by atoms with Crippen molar-refractivity contribution in [1.29, 1.82) is 0 Å². The first kappa shape index (κ1) is 25.7. The number of unbranched alkanes of at least 4 members (excludes halogenated alkanes) is 1. The van der Waals surface area contributed by atoms with Crippen molar-refractivity contribution in [2.75, 3.05) is 19.5 Å². The summed E-state index contributed by atoms with van der Waals surface area (Å²) in [6.45, 7) is 7.03. The molecule has 0 atom stereocenters. The molecule has 0 aliphatic rings. The van der Waals surface area contributed by atoms with E-state index in [1.807, 2.05) is 28.2 Å². The molecule has 1 amide bonds.